The number of carbonyl (C=O) groups excluding carboxylic acids is 1. The van der Waals surface area contributed by atoms with E-state index in [2.05, 4.69) is 47.2 Å². The van der Waals surface area contributed by atoms with Gasteiger partial charge in [0.2, 0.25) is 5.91 Å². The van der Waals surface area contributed by atoms with Gasteiger partial charge in [-0.2, -0.15) is 0 Å². The number of methoxy groups -OCH3 is 1. The van der Waals surface area contributed by atoms with Gasteiger partial charge in [-0.15, -0.1) is 0 Å². The molecule has 2 aromatic rings. The first-order chi connectivity index (χ1) is 19.6. The Morgan fingerprint density at radius 3 is 2.27 bits per heavy atom. The quantitative estimate of drug-likeness (QED) is 0.260. The number of nitrogens with zero attached hydrogens (tertiary/aromatic N) is 3. The van der Waals surface area contributed by atoms with Gasteiger partial charge >= 0.3 is 0 Å². The maximum Gasteiger partial charge on any atom is 0.248 e. The van der Waals surface area contributed by atoms with E-state index in [1.165, 1.54) is 43.9 Å². The Balaban J connectivity index is 0.00000111. The van der Waals surface area contributed by atoms with E-state index in [1.54, 1.807) is 20.8 Å². The van der Waals surface area contributed by atoms with E-state index in [0.29, 0.717) is 25.9 Å². The summed E-state index contributed by atoms with van der Waals surface area (Å²) in [6.45, 7) is 7.33. The zero-order chi connectivity index (χ0) is 31.4. The second-order valence-corrected chi connectivity index (χ2v) is 9.61. The van der Waals surface area contributed by atoms with Gasteiger partial charge in [-0.3, -0.25) is 14.2 Å². The van der Waals surface area contributed by atoms with E-state index in [-0.39, 0.29) is 17.9 Å². The molecule has 230 valence electrons. The van der Waals surface area contributed by atoms with Gasteiger partial charge in [0, 0.05) is 26.4 Å². The average Bonchev–Trinajstić information content (AvgIpc) is 2.99. The third-order valence-corrected chi connectivity index (χ3v) is 6.28. The van der Waals surface area contributed by atoms with E-state index in [9.17, 15) is 23.1 Å². The van der Waals surface area contributed by atoms with E-state index in [4.69, 9.17) is 10.5 Å². The number of carbonyl (C=O) groups is 1. The second kappa shape index (κ2) is 20.7. The van der Waals surface area contributed by atoms with Crippen molar-refractivity contribution < 1.29 is 27.8 Å². The first-order valence-corrected chi connectivity index (χ1v) is 13.6. The first-order valence-electron chi connectivity index (χ1n) is 13.6. The Morgan fingerprint density at radius 1 is 1.12 bits per heavy atom. The van der Waals surface area contributed by atoms with Crippen molar-refractivity contribution in [1.29, 1.82) is 0 Å². The number of ether oxygens (including phenoxy) is 1. The summed E-state index contributed by atoms with van der Waals surface area (Å²) >= 11 is 0. The predicted molar refractivity (Wildman–Crippen MR) is 161 cm³/mol. The van der Waals surface area contributed by atoms with Crippen molar-refractivity contribution in [3.63, 3.8) is 0 Å². The molecule has 1 amide bonds. The normalized spacial score (nSPS) is 12.5. The number of aliphatic imine (C=N–C) groups is 2. The van der Waals surface area contributed by atoms with Crippen LogP contribution in [0, 0.1) is 11.6 Å². The molecule has 0 saturated carbocycles. The van der Waals surface area contributed by atoms with E-state index >= 15 is 0 Å². The average molecular weight is 581 g/mol. The molecule has 10 heteroatoms. The van der Waals surface area contributed by atoms with Gasteiger partial charge in [-0.25, -0.2) is 13.8 Å². The van der Waals surface area contributed by atoms with Gasteiger partial charge in [-0.1, -0.05) is 43.7 Å². The molecule has 3 N–H and O–H groups in total. The van der Waals surface area contributed by atoms with Crippen molar-refractivity contribution in [2.45, 2.75) is 65.0 Å². The summed E-state index contributed by atoms with van der Waals surface area (Å²) in [6.07, 6.45) is 4.33. The molecule has 7 nitrogen and oxygen atoms in total. The summed E-state index contributed by atoms with van der Waals surface area (Å²) in [6, 6.07) is 13.0. The van der Waals surface area contributed by atoms with Gasteiger partial charge < -0.3 is 20.5 Å². The molecule has 41 heavy (non-hydrogen) atoms. The standard InChI is InChI=1S/C20H30F2N4O3.C10H14.CH3F/c1-13(25-19(24-4)15-11-14(21)7-8-16(15)22)18(20(2,3)29-5)26(10-6-9-23)17(28)12-27;1-2-3-7-10-8-5-4-6-9-10;1-2/h7-8,11,18,27H,6,9-10,12,23H2,1-5H3;4-6,8-9H,2-3,7H2,1H3;1H3. The molecule has 0 saturated heterocycles. The largest absolute Gasteiger partial charge is 0.387 e. The van der Waals surface area contributed by atoms with Crippen LogP contribution in [0.3, 0.4) is 0 Å². The summed E-state index contributed by atoms with van der Waals surface area (Å²) in [7, 11) is 3.41. The number of benzene rings is 2. The van der Waals surface area contributed by atoms with E-state index < -0.39 is 35.8 Å². The summed E-state index contributed by atoms with van der Waals surface area (Å²) in [4.78, 5) is 22.3. The topological polar surface area (TPSA) is 101 Å². The molecule has 1 atom stereocenters. The van der Waals surface area contributed by atoms with Crippen LogP contribution in [0.1, 0.15) is 58.1 Å². The molecule has 0 fully saturated rings. The molecule has 1 unspecified atom stereocenters. The third-order valence-electron chi connectivity index (χ3n) is 6.28. The van der Waals surface area contributed by atoms with Crippen molar-refractivity contribution >= 4 is 17.5 Å². The number of halogens is 3. The number of aryl methyl sites for hydroxylation is 1. The van der Waals surface area contributed by atoms with E-state index in [0.717, 1.165) is 18.2 Å². The number of aliphatic hydroxyl groups excluding tert-OH is 1. The molecule has 0 spiro atoms. The minimum absolute atomic E-state index is 0.0216. The van der Waals surface area contributed by atoms with Crippen molar-refractivity contribution in [1.82, 2.24) is 4.90 Å². The maximum atomic E-state index is 14.2. The monoisotopic (exact) mass is 580 g/mol. The van der Waals surface area contributed by atoms with Crippen LogP contribution >= 0.6 is 0 Å². The lowest BCUT2D eigenvalue weighted by Crippen LogP contribution is -2.57. The Bertz CT molecular complexity index is 1080. The SMILES string of the molecule is CCCCc1ccccc1.CF.CN=C(N=C(C)C(N(CCCN)C(=O)CO)C(C)(C)OC)c1cc(F)ccc1F. The van der Waals surface area contributed by atoms with Crippen LogP contribution in [0.5, 0.6) is 0 Å². The van der Waals surface area contributed by atoms with Crippen LogP contribution in [0.4, 0.5) is 13.2 Å². The zero-order valence-electron chi connectivity index (χ0n) is 25.5. The van der Waals surface area contributed by atoms with Gasteiger partial charge in [0.05, 0.1) is 24.4 Å². The van der Waals surface area contributed by atoms with Gasteiger partial charge in [-0.05, 0) is 70.3 Å². The Hall–Kier alpha value is -3.08. The fraction of sp³-hybridized carbons (Fsp3) is 0.516. The van der Waals surface area contributed by atoms with Crippen molar-refractivity contribution in [3.8, 4) is 0 Å². The summed E-state index contributed by atoms with van der Waals surface area (Å²) in [5.41, 5.74) is 6.45. The highest BCUT2D eigenvalue weighted by Gasteiger charge is 2.39. The van der Waals surface area contributed by atoms with Crippen LogP contribution in [0.25, 0.3) is 0 Å². The highest BCUT2D eigenvalue weighted by atomic mass is 19.1. The highest BCUT2D eigenvalue weighted by Crippen LogP contribution is 2.23. The van der Waals surface area contributed by atoms with Crippen LogP contribution in [-0.2, 0) is 16.0 Å². The smallest absolute Gasteiger partial charge is 0.248 e. The number of hydrogen-bond donors (Lipinski definition) is 2. The lowest BCUT2D eigenvalue weighted by atomic mass is 9.92. The molecule has 0 bridgehead atoms. The summed E-state index contributed by atoms with van der Waals surface area (Å²) < 4.78 is 42.9. The van der Waals surface area contributed by atoms with Crippen LogP contribution in [-0.4, -0.2) is 80.1 Å². The first kappa shape index (κ1) is 37.9. The third kappa shape index (κ3) is 13.0. The number of unbranched alkanes of at least 4 members (excludes halogenated alkanes) is 1. The number of amides is 1. The highest BCUT2D eigenvalue weighted by molar-refractivity contribution is 6.08. The fourth-order valence-corrected chi connectivity index (χ4v) is 4.12. The maximum absolute atomic E-state index is 14.2. The van der Waals surface area contributed by atoms with Crippen LogP contribution in [0.15, 0.2) is 58.5 Å². The number of aliphatic hydroxyl groups is 1. The lowest BCUT2D eigenvalue weighted by molar-refractivity contribution is -0.140. The Kier molecular flexibility index (Phi) is 19.2. The molecule has 0 aliphatic heterocycles. The summed E-state index contributed by atoms with van der Waals surface area (Å²) in [5, 5.41) is 9.43. The predicted octanol–water partition coefficient (Wildman–Crippen LogP) is 5.38. The molecule has 0 radical (unpaired) electrons. The fourth-order valence-electron chi connectivity index (χ4n) is 4.12. The van der Waals surface area contributed by atoms with E-state index in [1.807, 2.05) is 0 Å². The molecule has 0 aliphatic rings. The van der Waals surface area contributed by atoms with Gasteiger partial charge in [0.1, 0.15) is 18.2 Å². The van der Waals surface area contributed by atoms with Crippen molar-refractivity contribution in [2.75, 3.05) is 41.0 Å². The minimum Gasteiger partial charge on any atom is -0.387 e. The van der Waals surface area contributed by atoms with Gasteiger partial charge in [0.25, 0.3) is 0 Å². The number of hydrogen-bond acceptors (Lipinski definition) is 5. The molecular formula is C31H47F3N4O3. The molecule has 0 heterocycles. The van der Waals surface area contributed by atoms with Crippen LogP contribution in [0.2, 0.25) is 0 Å². The molecule has 0 aliphatic carbocycles. The number of nitrogens with two attached hydrogens (primary N) is 1. The number of rotatable bonds is 12. The molecular weight excluding hydrogens is 533 g/mol. The molecule has 2 aromatic carbocycles. The Morgan fingerprint density at radius 2 is 1.76 bits per heavy atom. The van der Waals surface area contributed by atoms with Crippen molar-refractivity contribution in [2.24, 2.45) is 15.7 Å². The minimum atomic E-state index is -0.896. The van der Waals surface area contributed by atoms with Crippen molar-refractivity contribution in [3.05, 3.63) is 71.3 Å². The number of alkyl halides is 1. The van der Waals surface area contributed by atoms with Gasteiger partial charge in [0.15, 0.2) is 5.84 Å². The second-order valence-electron chi connectivity index (χ2n) is 9.61. The summed E-state index contributed by atoms with van der Waals surface area (Å²) in [5.74, 6) is -1.83. The molecule has 2 rings (SSSR count). The number of amidine groups is 1. The lowest BCUT2D eigenvalue weighted by Gasteiger charge is -2.41. The molecule has 0 aromatic heterocycles. The van der Waals surface area contributed by atoms with Crippen LogP contribution < -0.4 is 5.73 Å². The Labute approximate surface area is 243 Å². The zero-order valence-corrected chi connectivity index (χ0v) is 25.5.